The first-order valence-electron chi connectivity index (χ1n) is 13.4. The van der Waals surface area contributed by atoms with E-state index in [-0.39, 0.29) is 24.1 Å². The number of ether oxygens (including phenoxy) is 2. The summed E-state index contributed by atoms with van der Waals surface area (Å²) in [5, 5.41) is 3.08. The van der Waals surface area contributed by atoms with E-state index in [9.17, 15) is 19.2 Å². The molecule has 1 amide bonds. The van der Waals surface area contributed by atoms with Crippen LogP contribution in [-0.4, -0.2) is 36.3 Å². The molecule has 0 spiro atoms. The minimum atomic E-state index is -1.03. The number of amides is 1. The first kappa shape index (κ1) is 26.2. The third kappa shape index (κ3) is 4.54. The number of carbonyl (C=O) groups is 4. The Morgan fingerprint density at radius 1 is 1.11 bits per heavy atom. The summed E-state index contributed by atoms with van der Waals surface area (Å²) in [4.78, 5) is 53.0. The molecule has 0 unspecified atom stereocenters. The van der Waals surface area contributed by atoms with Crippen molar-refractivity contribution in [1.82, 2.24) is 5.32 Å². The van der Waals surface area contributed by atoms with Gasteiger partial charge in [0.15, 0.2) is 11.9 Å². The number of furan rings is 1. The molecule has 8 heteroatoms. The maximum absolute atomic E-state index is 14.0. The lowest BCUT2D eigenvalue weighted by Crippen LogP contribution is -2.65. The van der Waals surface area contributed by atoms with Gasteiger partial charge in [-0.15, -0.1) is 0 Å². The molecule has 3 aliphatic rings. The summed E-state index contributed by atoms with van der Waals surface area (Å²) in [6.45, 7) is 5.69. The standard InChI is InChI=1S/C30H35NO7/c1-18(32)37-23-15-22(27(34)31-13-10-19-7-5-4-6-8-19)29(2)12-9-21-28(35)38-24(20-11-14-36-17-20)16-30(21,3)26(29)25(23)33/h4-8,11,14,17,21-24,26H,9-10,12-13,15-16H2,1-3H3,(H,31,34)/t21-,22-,23-,24-,26-,29-,30-/m0/s1. The lowest BCUT2D eigenvalue weighted by Gasteiger charge is -2.61. The van der Waals surface area contributed by atoms with Crippen molar-refractivity contribution in [2.45, 2.75) is 65.1 Å². The first-order chi connectivity index (χ1) is 18.1. The van der Waals surface area contributed by atoms with Crippen molar-refractivity contribution >= 4 is 23.6 Å². The minimum absolute atomic E-state index is 0.138. The minimum Gasteiger partial charge on any atom is -0.472 e. The van der Waals surface area contributed by atoms with Crippen LogP contribution in [0.4, 0.5) is 0 Å². The summed E-state index contributed by atoms with van der Waals surface area (Å²) in [5.74, 6) is -2.93. The van der Waals surface area contributed by atoms with E-state index in [2.05, 4.69) is 5.32 Å². The lowest BCUT2D eigenvalue weighted by molar-refractivity contribution is -0.207. The van der Waals surface area contributed by atoms with Crippen LogP contribution in [-0.2, 0) is 35.1 Å². The third-order valence-corrected chi connectivity index (χ3v) is 9.20. The van der Waals surface area contributed by atoms with E-state index in [1.165, 1.54) is 13.2 Å². The molecule has 2 aliphatic carbocycles. The summed E-state index contributed by atoms with van der Waals surface area (Å²) in [7, 11) is 0. The number of Topliss-reactive ketones (excluding diaryl/α,β-unsaturated/α-hetero) is 1. The van der Waals surface area contributed by atoms with Gasteiger partial charge in [-0.05, 0) is 48.1 Å². The molecule has 0 bridgehead atoms. The number of hydrogen-bond donors (Lipinski definition) is 1. The van der Waals surface area contributed by atoms with Gasteiger partial charge in [-0.1, -0.05) is 44.2 Å². The fourth-order valence-electron chi connectivity index (χ4n) is 7.46. The van der Waals surface area contributed by atoms with Crippen molar-refractivity contribution in [2.24, 2.45) is 28.6 Å². The molecule has 2 heterocycles. The Balaban J connectivity index is 1.46. The number of rotatable bonds is 6. The summed E-state index contributed by atoms with van der Waals surface area (Å²) in [6.07, 6.45) is 3.80. The van der Waals surface area contributed by atoms with Crippen LogP contribution in [0.15, 0.2) is 53.3 Å². The number of hydrogen-bond acceptors (Lipinski definition) is 7. The van der Waals surface area contributed by atoms with E-state index in [1.807, 2.05) is 44.2 Å². The molecule has 5 rings (SSSR count). The second-order valence-corrected chi connectivity index (χ2v) is 11.5. The molecule has 1 aliphatic heterocycles. The van der Waals surface area contributed by atoms with Crippen molar-refractivity contribution < 1.29 is 33.1 Å². The second kappa shape index (κ2) is 10.0. The van der Waals surface area contributed by atoms with Crippen molar-refractivity contribution in [3.05, 3.63) is 60.1 Å². The van der Waals surface area contributed by atoms with Crippen LogP contribution >= 0.6 is 0 Å². The van der Waals surface area contributed by atoms with Gasteiger partial charge in [0.25, 0.3) is 0 Å². The second-order valence-electron chi connectivity index (χ2n) is 11.5. The van der Waals surface area contributed by atoms with Gasteiger partial charge in [-0.25, -0.2) is 0 Å². The molecule has 7 atom stereocenters. The van der Waals surface area contributed by atoms with E-state index < -0.39 is 46.8 Å². The Kier molecular flexibility index (Phi) is 6.92. The van der Waals surface area contributed by atoms with Crippen LogP contribution in [0.3, 0.4) is 0 Å². The van der Waals surface area contributed by atoms with E-state index in [4.69, 9.17) is 13.9 Å². The van der Waals surface area contributed by atoms with Crippen molar-refractivity contribution in [3.8, 4) is 0 Å². The highest BCUT2D eigenvalue weighted by Crippen LogP contribution is 2.65. The van der Waals surface area contributed by atoms with Crippen LogP contribution in [0.5, 0.6) is 0 Å². The van der Waals surface area contributed by atoms with Crippen LogP contribution in [0, 0.1) is 28.6 Å². The normalized spacial score (nSPS) is 34.4. The number of nitrogens with one attached hydrogen (secondary N) is 1. The lowest BCUT2D eigenvalue weighted by atomic mass is 9.43. The van der Waals surface area contributed by atoms with E-state index >= 15 is 0 Å². The average molecular weight is 522 g/mol. The zero-order valence-corrected chi connectivity index (χ0v) is 22.1. The Bertz CT molecular complexity index is 1210. The molecule has 38 heavy (non-hydrogen) atoms. The zero-order chi connectivity index (χ0) is 27.1. The van der Waals surface area contributed by atoms with Gasteiger partial charge in [-0.2, -0.15) is 0 Å². The number of carbonyl (C=O) groups excluding carboxylic acids is 4. The van der Waals surface area contributed by atoms with Crippen molar-refractivity contribution in [2.75, 3.05) is 6.54 Å². The molecule has 1 saturated heterocycles. The summed E-state index contributed by atoms with van der Waals surface area (Å²) in [5.41, 5.74) is 0.379. The monoisotopic (exact) mass is 521 g/mol. The molecule has 1 N–H and O–H groups in total. The fraction of sp³-hybridized carbons (Fsp3) is 0.533. The summed E-state index contributed by atoms with van der Waals surface area (Å²) < 4.78 is 16.5. The number of cyclic esters (lactones) is 1. The Morgan fingerprint density at radius 2 is 1.87 bits per heavy atom. The van der Waals surface area contributed by atoms with E-state index in [1.54, 1.807) is 12.3 Å². The van der Waals surface area contributed by atoms with Gasteiger partial charge >= 0.3 is 11.9 Å². The van der Waals surface area contributed by atoms with Crippen LogP contribution in [0.25, 0.3) is 0 Å². The molecule has 2 saturated carbocycles. The Hall–Kier alpha value is -3.42. The SMILES string of the molecule is CC(=O)O[C@H]1C[C@@H](C(=O)NCCc2ccccc2)[C@]2(C)CC[C@H]3C(=O)O[C@H](c4ccoc4)C[C@]3(C)[C@H]2C1=O. The Labute approximate surface area is 222 Å². The molecule has 1 aromatic carbocycles. The highest BCUT2D eigenvalue weighted by molar-refractivity contribution is 5.93. The van der Waals surface area contributed by atoms with Crippen molar-refractivity contribution in [3.63, 3.8) is 0 Å². The van der Waals surface area contributed by atoms with Gasteiger partial charge in [0.2, 0.25) is 5.91 Å². The average Bonchev–Trinajstić information content (AvgIpc) is 3.40. The maximum atomic E-state index is 14.0. The first-order valence-corrected chi connectivity index (χ1v) is 13.4. The Morgan fingerprint density at radius 3 is 2.55 bits per heavy atom. The van der Waals surface area contributed by atoms with Crippen LogP contribution in [0.2, 0.25) is 0 Å². The molecule has 0 radical (unpaired) electrons. The third-order valence-electron chi connectivity index (χ3n) is 9.20. The number of benzene rings is 1. The molecular weight excluding hydrogens is 486 g/mol. The molecule has 202 valence electrons. The fourth-order valence-corrected chi connectivity index (χ4v) is 7.46. The maximum Gasteiger partial charge on any atom is 0.310 e. The number of fused-ring (bicyclic) bond motifs is 3. The van der Waals surface area contributed by atoms with Crippen LogP contribution < -0.4 is 5.32 Å². The van der Waals surface area contributed by atoms with Gasteiger partial charge in [0.1, 0.15) is 6.10 Å². The van der Waals surface area contributed by atoms with Gasteiger partial charge in [-0.3, -0.25) is 19.2 Å². The molecule has 2 aromatic rings. The van der Waals surface area contributed by atoms with Crippen molar-refractivity contribution in [1.29, 1.82) is 0 Å². The largest absolute Gasteiger partial charge is 0.472 e. The van der Waals surface area contributed by atoms with Gasteiger partial charge in [0, 0.05) is 37.3 Å². The molecule has 1 aromatic heterocycles. The number of esters is 2. The smallest absolute Gasteiger partial charge is 0.310 e. The summed E-state index contributed by atoms with van der Waals surface area (Å²) in [6, 6.07) is 11.7. The molecule has 8 nitrogen and oxygen atoms in total. The number of ketones is 1. The zero-order valence-electron chi connectivity index (χ0n) is 22.1. The topological polar surface area (TPSA) is 112 Å². The summed E-state index contributed by atoms with van der Waals surface area (Å²) >= 11 is 0. The highest BCUT2D eigenvalue weighted by Gasteiger charge is 2.67. The highest BCUT2D eigenvalue weighted by atomic mass is 16.6. The van der Waals surface area contributed by atoms with Gasteiger partial charge < -0.3 is 19.2 Å². The van der Waals surface area contributed by atoms with E-state index in [0.717, 1.165) is 11.1 Å². The van der Waals surface area contributed by atoms with Gasteiger partial charge in [0.05, 0.1) is 18.4 Å². The quantitative estimate of drug-likeness (QED) is 0.568. The van der Waals surface area contributed by atoms with E-state index in [0.29, 0.717) is 32.2 Å². The molecular formula is C30H35NO7. The predicted molar refractivity (Wildman–Crippen MR) is 136 cm³/mol. The molecule has 3 fully saturated rings. The van der Waals surface area contributed by atoms with Crippen LogP contribution in [0.1, 0.15) is 63.7 Å². The predicted octanol–water partition coefficient (Wildman–Crippen LogP) is 4.19.